The predicted molar refractivity (Wildman–Crippen MR) is 134 cm³/mol. The summed E-state index contributed by atoms with van der Waals surface area (Å²) in [7, 11) is 0. The van der Waals surface area contributed by atoms with Crippen LogP contribution in [0, 0.1) is 0 Å². The van der Waals surface area contributed by atoms with Crippen molar-refractivity contribution >= 4 is 16.9 Å². The number of nitrogen functional groups attached to an aromatic ring is 1. The topological polar surface area (TPSA) is 99.1 Å². The van der Waals surface area contributed by atoms with E-state index < -0.39 is 0 Å². The summed E-state index contributed by atoms with van der Waals surface area (Å²) in [6, 6.07) is 21.5. The van der Waals surface area contributed by atoms with Crippen LogP contribution in [0.4, 0.5) is 5.82 Å². The molecule has 0 amide bonds. The number of imidazole rings is 1. The third-order valence-corrected chi connectivity index (χ3v) is 5.54. The Labute approximate surface area is 197 Å². The van der Waals surface area contributed by atoms with Gasteiger partial charge in [-0.25, -0.2) is 15.0 Å². The fourth-order valence-corrected chi connectivity index (χ4v) is 3.92. The number of hydrogen-bond donors (Lipinski definition) is 2. The molecule has 0 aliphatic carbocycles. The first-order valence-corrected chi connectivity index (χ1v) is 11.1. The third kappa shape index (κ3) is 4.09. The summed E-state index contributed by atoms with van der Waals surface area (Å²) >= 11 is 0. The predicted octanol–water partition coefficient (Wildman–Crippen LogP) is 5.01. The molecule has 0 aliphatic heterocycles. The minimum absolute atomic E-state index is 0.0129. The van der Waals surface area contributed by atoms with E-state index in [1.165, 1.54) is 0 Å². The van der Waals surface area contributed by atoms with Crippen molar-refractivity contribution < 1.29 is 9.84 Å². The van der Waals surface area contributed by atoms with Crippen LogP contribution in [0.2, 0.25) is 0 Å². The maximum absolute atomic E-state index is 9.47. The molecule has 0 fully saturated rings. The lowest BCUT2D eigenvalue weighted by Crippen LogP contribution is -2.06. The number of aliphatic hydroxyl groups excluding tert-OH is 1. The van der Waals surface area contributed by atoms with Crippen LogP contribution in [0.25, 0.3) is 39.2 Å². The zero-order chi connectivity index (χ0) is 23.7. The molecule has 0 aliphatic rings. The highest BCUT2D eigenvalue weighted by molar-refractivity contribution is 5.88. The number of aliphatic hydroxyl groups is 1. The number of benzene rings is 2. The van der Waals surface area contributed by atoms with Gasteiger partial charge in [0, 0.05) is 29.7 Å². The summed E-state index contributed by atoms with van der Waals surface area (Å²) in [6.45, 7) is 3.94. The largest absolute Gasteiger partial charge is 0.475 e. The van der Waals surface area contributed by atoms with Crippen molar-refractivity contribution in [2.24, 2.45) is 0 Å². The van der Waals surface area contributed by atoms with Gasteiger partial charge in [-0.05, 0) is 67.4 Å². The number of nitrogens with zero attached hydrogens (tertiary/aromatic N) is 4. The van der Waals surface area contributed by atoms with Crippen LogP contribution in [0.15, 0.2) is 79.1 Å². The molecule has 0 saturated carbocycles. The molecule has 7 heteroatoms. The number of fused-ring (bicyclic) bond motifs is 1. The van der Waals surface area contributed by atoms with Gasteiger partial charge in [0.15, 0.2) is 0 Å². The Kier molecular flexibility index (Phi) is 5.69. The van der Waals surface area contributed by atoms with Gasteiger partial charge in [0.05, 0.1) is 29.3 Å². The van der Waals surface area contributed by atoms with Crippen molar-refractivity contribution in [3.05, 3.63) is 84.7 Å². The Morgan fingerprint density at radius 1 is 0.971 bits per heavy atom. The molecule has 0 radical (unpaired) electrons. The molecule has 170 valence electrons. The maximum Gasteiger partial charge on any atom is 0.213 e. The van der Waals surface area contributed by atoms with Crippen LogP contribution in [-0.2, 0) is 6.61 Å². The van der Waals surface area contributed by atoms with Gasteiger partial charge in [-0.2, -0.15) is 0 Å². The molecule has 0 unspecified atom stereocenters. The summed E-state index contributed by atoms with van der Waals surface area (Å²) in [6.07, 6.45) is 3.55. The fraction of sp³-hybridized carbons (Fsp3) is 0.148. The Balaban J connectivity index is 1.68. The Morgan fingerprint density at radius 3 is 2.44 bits per heavy atom. The number of nitrogens with two attached hydrogens (primary N) is 1. The molecule has 0 saturated heterocycles. The zero-order valence-corrected chi connectivity index (χ0v) is 19.0. The van der Waals surface area contributed by atoms with E-state index in [-0.39, 0.29) is 12.7 Å². The van der Waals surface area contributed by atoms with Crippen LogP contribution in [-0.4, -0.2) is 30.7 Å². The van der Waals surface area contributed by atoms with E-state index in [4.69, 9.17) is 15.5 Å². The van der Waals surface area contributed by atoms with Crippen molar-refractivity contribution in [3.63, 3.8) is 0 Å². The highest BCUT2D eigenvalue weighted by atomic mass is 16.5. The number of ether oxygens (including phenoxy) is 1. The van der Waals surface area contributed by atoms with Gasteiger partial charge in [0.2, 0.25) is 5.88 Å². The van der Waals surface area contributed by atoms with Crippen molar-refractivity contribution in [3.8, 4) is 34.1 Å². The number of aromatic nitrogens is 4. The minimum atomic E-state index is -0.0129. The highest BCUT2D eigenvalue weighted by Gasteiger charge is 2.17. The maximum atomic E-state index is 9.47. The van der Waals surface area contributed by atoms with E-state index in [9.17, 15) is 5.11 Å². The quantitative estimate of drug-likeness (QED) is 0.376. The Bertz CT molecular complexity index is 1440. The van der Waals surface area contributed by atoms with Gasteiger partial charge >= 0.3 is 0 Å². The van der Waals surface area contributed by atoms with Crippen LogP contribution in [0.1, 0.15) is 19.4 Å². The first kappa shape index (κ1) is 21.6. The van der Waals surface area contributed by atoms with E-state index in [0.717, 1.165) is 39.0 Å². The van der Waals surface area contributed by atoms with E-state index >= 15 is 0 Å². The lowest BCUT2D eigenvalue weighted by molar-refractivity contribution is 0.232. The third-order valence-electron chi connectivity index (χ3n) is 5.54. The second kappa shape index (κ2) is 8.96. The molecule has 3 N–H and O–H groups in total. The van der Waals surface area contributed by atoms with Crippen molar-refractivity contribution in [2.75, 3.05) is 5.73 Å². The average molecular weight is 452 g/mol. The second-order valence-corrected chi connectivity index (χ2v) is 8.29. The standard InChI is InChI=1S/C27H25N5O2/c1-17(2)34-25-12-8-20(15-30-25)19-7-11-23-24(14-19)32(21-9-5-18(16-33)6-10-21)27(31-23)22-4-3-13-29-26(22)28/h3-15,17,33H,16H2,1-2H3,(H2,28,29). The van der Waals surface area contributed by atoms with E-state index in [1.807, 2.05) is 80.7 Å². The summed E-state index contributed by atoms with van der Waals surface area (Å²) in [4.78, 5) is 13.6. The fourth-order valence-electron chi connectivity index (χ4n) is 3.92. The van der Waals surface area contributed by atoms with Gasteiger partial charge in [-0.3, -0.25) is 4.57 Å². The van der Waals surface area contributed by atoms with Gasteiger partial charge in [-0.1, -0.05) is 18.2 Å². The molecule has 2 aromatic carbocycles. The summed E-state index contributed by atoms with van der Waals surface area (Å²) < 4.78 is 7.74. The number of rotatable bonds is 6. The van der Waals surface area contributed by atoms with Gasteiger partial charge in [0.1, 0.15) is 11.6 Å². The van der Waals surface area contributed by atoms with Crippen LogP contribution in [0.3, 0.4) is 0 Å². The smallest absolute Gasteiger partial charge is 0.213 e. The molecule has 0 atom stereocenters. The van der Waals surface area contributed by atoms with Gasteiger partial charge in [-0.15, -0.1) is 0 Å². The van der Waals surface area contributed by atoms with Crippen molar-refractivity contribution in [2.45, 2.75) is 26.6 Å². The van der Waals surface area contributed by atoms with Gasteiger partial charge < -0.3 is 15.6 Å². The molecular formula is C27H25N5O2. The summed E-state index contributed by atoms with van der Waals surface area (Å²) in [5.74, 6) is 1.72. The molecule has 3 heterocycles. The first-order chi connectivity index (χ1) is 16.5. The van der Waals surface area contributed by atoms with Crippen molar-refractivity contribution in [1.82, 2.24) is 19.5 Å². The molecule has 34 heavy (non-hydrogen) atoms. The Hall–Kier alpha value is -4.23. The number of anilines is 1. The minimum Gasteiger partial charge on any atom is -0.475 e. The van der Waals surface area contributed by atoms with Gasteiger partial charge in [0.25, 0.3) is 0 Å². The molecule has 3 aromatic heterocycles. The zero-order valence-electron chi connectivity index (χ0n) is 19.0. The molecular weight excluding hydrogens is 426 g/mol. The van der Waals surface area contributed by atoms with E-state index in [0.29, 0.717) is 17.5 Å². The highest BCUT2D eigenvalue weighted by Crippen LogP contribution is 2.33. The monoisotopic (exact) mass is 451 g/mol. The molecule has 5 rings (SSSR count). The van der Waals surface area contributed by atoms with Crippen LogP contribution >= 0.6 is 0 Å². The SMILES string of the molecule is CC(C)Oc1ccc(-c2ccc3nc(-c4cccnc4N)n(-c4ccc(CO)cc4)c3c2)cn1. The van der Waals surface area contributed by atoms with Crippen LogP contribution in [0.5, 0.6) is 5.88 Å². The molecule has 0 spiro atoms. The lowest BCUT2D eigenvalue weighted by Gasteiger charge is -2.12. The first-order valence-electron chi connectivity index (χ1n) is 11.1. The normalized spacial score (nSPS) is 11.3. The second-order valence-electron chi connectivity index (χ2n) is 8.29. The van der Waals surface area contributed by atoms with E-state index in [1.54, 1.807) is 6.20 Å². The number of hydrogen-bond acceptors (Lipinski definition) is 6. The van der Waals surface area contributed by atoms with Crippen molar-refractivity contribution in [1.29, 1.82) is 0 Å². The Morgan fingerprint density at radius 2 is 1.76 bits per heavy atom. The number of pyridine rings is 2. The summed E-state index contributed by atoms with van der Waals surface area (Å²) in [5, 5.41) is 9.47. The van der Waals surface area contributed by atoms with Crippen LogP contribution < -0.4 is 10.5 Å². The summed E-state index contributed by atoms with van der Waals surface area (Å²) in [5.41, 5.74) is 12.5. The molecule has 0 bridgehead atoms. The average Bonchev–Trinajstić information content (AvgIpc) is 3.23. The lowest BCUT2D eigenvalue weighted by atomic mass is 10.1. The van der Waals surface area contributed by atoms with E-state index in [2.05, 4.69) is 20.6 Å². The molecule has 5 aromatic rings. The molecule has 7 nitrogen and oxygen atoms in total.